The van der Waals surface area contributed by atoms with E-state index in [1.807, 2.05) is 4.90 Å². The highest BCUT2D eigenvalue weighted by Crippen LogP contribution is 2.31. The second kappa shape index (κ2) is 9.85. The molecule has 0 radical (unpaired) electrons. The summed E-state index contributed by atoms with van der Waals surface area (Å²) in [5, 5.41) is 0. The highest BCUT2D eigenvalue weighted by atomic mass is 19.4. The SMILES string of the molecule is FC(F)(F)c1cccc(N2CCN(CCCCOc3cnc4c(n3)CCCC4)CC2)c1. The Hall–Kier alpha value is -2.35. The van der Waals surface area contributed by atoms with Crippen molar-refractivity contribution in [3.8, 4) is 5.88 Å². The third-order valence-electron chi connectivity index (χ3n) is 6.02. The van der Waals surface area contributed by atoms with Crippen molar-refractivity contribution in [3.05, 3.63) is 47.4 Å². The number of aromatic nitrogens is 2. The molecule has 168 valence electrons. The van der Waals surface area contributed by atoms with Crippen LogP contribution in [0.5, 0.6) is 5.88 Å². The molecule has 8 heteroatoms. The molecule has 0 amide bonds. The maximum Gasteiger partial charge on any atom is 0.416 e. The van der Waals surface area contributed by atoms with Crippen molar-refractivity contribution in [2.75, 3.05) is 44.2 Å². The van der Waals surface area contributed by atoms with Crippen LogP contribution in [0.2, 0.25) is 0 Å². The van der Waals surface area contributed by atoms with E-state index in [1.54, 1.807) is 12.3 Å². The minimum Gasteiger partial charge on any atom is -0.477 e. The van der Waals surface area contributed by atoms with Crippen molar-refractivity contribution in [2.45, 2.75) is 44.7 Å². The lowest BCUT2D eigenvalue weighted by Gasteiger charge is -2.36. The van der Waals surface area contributed by atoms with Gasteiger partial charge >= 0.3 is 6.18 Å². The number of hydrogen-bond donors (Lipinski definition) is 0. The molecule has 1 saturated heterocycles. The molecule has 0 unspecified atom stereocenters. The average molecular weight is 435 g/mol. The van der Waals surface area contributed by atoms with Crippen molar-refractivity contribution in [1.82, 2.24) is 14.9 Å². The summed E-state index contributed by atoms with van der Waals surface area (Å²) in [6.07, 6.45) is 3.76. The molecule has 0 atom stereocenters. The summed E-state index contributed by atoms with van der Waals surface area (Å²) in [7, 11) is 0. The molecule has 2 aliphatic rings. The zero-order valence-electron chi connectivity index (χ0n) is 17.7. The first-order valence-electron chi connectivity index (χ1n) is 11.1. The average Bonchev–Trinajstić information content (AvgIpc) is 2.79. The number of fused-ring (bicyclic) bond motifs is 1. The first-order chi connectivity index (χ1) is 15.0. The summed E-state index contributed by atoms with van der Waals surface area (Å²) in [5.74, 6) is 0.621. The van der Waals surface area contributed by atoms with Crippen LogP contribution in [-0.4, -0.2) is 54.2 Å². The lowest BCUT2D eigenvalue weighted by Crippen LogP contribution is -2.46. The summed E-state index contributed by atoms with van der Waals surface area (Å²) in [4.78, 5) is 13.5. The van der Waals surface area contributed by atoms with Crippen LogP contribution in [0.25, 0.3) is 0 Å². The number of ether oxygens (including phenoxy) is 1. The maximum atomic E-state index is 12.9. The lowest BCUT2D eigenvalue weighted by atomic mass is 10.0. The second-order valence-corrected chi connectivity index (χ2v) is 8.24. The summed E-state index contributed by atoms with van der Waals surface area (Å²) >= 11 is 0. The molecule has 1 fully saturated rings. The van der Waals surface area contributed by atoms with Gasteiger partial charge in [0.1, 0.15) is 0 Å². The standard InChI is InChI=1S/C23H29F3N4O/c24-23(25,26)18-6-5-7-19(16-18)30-13-11-29(12-14-30)10-3-4-15-31-22-17-27-20-8-1-2-9-21(20)28-22/h5-7,16-17H,1-4,8-15H2. The molecule has 5 nitrogen and oxygen atoms in total. The zero-order chi connectivity index (χ0) is 21.7. The summed E-state index contributed by atoms with van der Waals surface area (Å²) in [6, 6.07) is 5.61. The van der Waals surface area contributed by atoms with Gasteiger partial charge < -0.3 is 9.64 Å². The number of alkyl halides is 3. The van der Waals surface area contributed by atoms with E-state index in [-0.39, 0.29) is 0 Å². The van der Waals surface area contributed by atoms with Gasteiger partial charge in [0, 0.05) is 31.9 Å². The Bertz CT molecular complexity index is 866. The monoisotopic (exact) mass is 434 g/mol. The Labute approximate surface area is 181 Å². The van der Waals surface area contributed by atoms with Crippen molar-refractivity contribution in [2.24, 2.45) is 0 Å². The van der Waals surface area contributed by atoms with Crippen LogP contribution in [0.3, 0.4) is 0 Å². The molecule has 31 heavy (non-hydrogen) atoms. The molecule has 1 aliphatic carbocycles. The van der Waals surface area contributed by atoms with Gasteiger partial charge in [-0.25, -0.2) is 4.98 Å². The molecule has 2 aromatic rings. The third-order valence-corrected chi connectivity index (χ3v) is 6.02. The number of halogens is 3. The van der Waals surface area contributed by atoms with Crippen LogP contribution in [-0.2, 0) is 19.0 Å². The van der Waals surface area contributed by atoms with Gasteiger partial charge in [-0.15, -0.1) is 0 Å². The van der Waals surface area contributed by atoms with E-state index in [4.69, 9.17) is 4.74 Å². The Morgan fingerprint density at radius 3 is 2.52 bits per heavy atom. The molecular weight excluding hydrogens is 405 g/mol. The van der Waals surface area contributed by atoms with E-state index in [1.165, 1.54) is 25.0 Å². The topological polar surface area (TPSA) is 41.5 Å². The van der Waals surface area contributed by atoms with Gasteiger partial charge in [0.15, 0.2) is 0 Å². The van der Waals surface area contributed by atoms with E-state index in [0.29, 0.717) is 18.2 Å². The van der Waals surface area contributed by atoms with Crippen LogP contribution in [0.1, 0.15) is 42.6 Å². The van der Waals surface area contributed by atoms with Crippen molar-refractivity contribution in [1.29, 1.82) is 0 Å². The Balaban J connectivity index is 1.15. The molecule has 1 aliphatic heterocycles. The number of nitrogens with zero attached hydrogens (tertiary/aromatic N) is 4. The van der Waals surface area contributed by atoms with Crippen molar-refractivity contribution >= 4 is 5.69 Å². The second-order valence-electron chi connectivity index (χ2n) is 8.24. The van der Waals surface area contributed by atoms with E-state index in [0.717, 1.165) is 75.9 Å². The van der Waals surface area contributed by atoms with Gasteiger partial charge in [-0.1, -0.05) is 6.07 Å². The van der Waals surface area contributed by atoms with Gasteiger partial charge in [0.05, 0.1) is 29.8 Å². The first kappa shape index (κ1) is 21.9. The predicted octanol–water partition coefficient (Wildman–Crippen LogP) is 4.36. The number of hydrogen-bond acceptors (Lipinski definition) is 5. The number of anilines is 1. The first-order valence-corrected chi connectivity index (χ1v) is 11.1. The van der Waals surface area contributed by atoms with E-state index < -0.39 is 11.7 Å². The summed E-state index contributed by atoms with van der Waals surface area (Å²) in [6.45, 7) is 4.78. The summed E-state index contributed by atoms with van der Waals surface area (Å²) < 4.78 is 44.6. The molecule has 1 aromatic heterocycles. The number of piperazine rings is 1. The molecule has 2 heterocycles. The minimum absolute atomic E-state index is 0.587. The van der Waals surface area contributed by atoms with Gasteiger partial charge in [-0.2, -0.15) is 13.2 Å². The van der Waals surface area contributed by atoms with Gasteiger partial charge in [-0.3, -0.25) is 9.88 Å². The minimum atomic E-state index is -4.30. The molecule has 0 bridgehead atoms. The molecule has 0 saturated carbocycles. The largest absolute Gasteiger partial charge is 0.477 e. The van der Waals surface area contributed by atoms with Crippen molar-refractivity contribution in [3.63, 3.8) is 0 Å². The van der Waals surface area contributed by atoms with Gasteiger partial charge in [0.25, 0.3) is 0 Å². The number of aryl methyl sites for hydroxylation is 2. The van der Waals surface area contributed by atoms with Crippen LogP contribution >= 0.6 is 0 Å². The highest BCUT2D eigenvalue weighted by molar-refractivity contribution is 5.49. The smallest absolute Gasteiger partial charge is 0.416 e. The molecule has 4 rings (SSSR count). The Morgan fingerprint density at radius 1 is 0.968 bits per heavy atom. The molecular formula is C23H29F3N4O. The normalized spacial score (nSPS) is 17.5. The molecule has 0 N–H and O–H groups in total. The third kappa shape index (κ3) is 5.87. The van der Waals surface area contributed by atoms with Crippen LogP contribution in [0.4, 0.5) is 18.9 Å². The maximum absolute atomic E-state index is 12.9. The number of unbranched alkanes of at least 4 members (excludes halogenated alkanes) is 1. The zero-order valence-corrected chi connectivity index (χ0v) is 17.7. The molecule has 0 spiro atoms. The van der Waals surface area contributed by atoms with Crippen LogP contribution in [0, 0.1) is 0 Å². The number of benzene rings is 1. The predicted molar refractivity (Wildman–Crippen MR) is 114 cm³/mol. The van der Waals surface area contributed by atoms with Crippen molar-refractivity contribution < 1.29 is 17.9 Å². The lowest BCUT2D eigenvalue weighted by molar-refractivity contribution is -0.137. The fourth-order valence-electron chi connectivity index (χ4n) is 4.22. The van der Waals surface area contributed by atoms with E-state index in [9.17, 15) is 13.2 Å². The van der Waals surface area contributed by atoms with Crippen LogP contribution < -0.4 is 9.64 Å². The summed E-state index contributed by atoms with van der Waals surface area (Å²) in [5.41, 5.74) is 2.26. The van der Waals surface area contributed by atoms with E-state index in [2.05, 4.69) is 14.9 Å². The number of rotatable bonds is 7. The van der Waals surface area contributed by atoms with Crippen LogP contribution in [0.15, 0.2) is 30.5 Å². The van der Waals surface area contributed by atoms with Gasteiger partial charge in [0.2, 0.25) is 5.88 Å². The molecule has 1 aromatic carbocycles. The highest BCUT2D eigenvalue weighted by Gasteiger charge is 2.31. The fourth-order valence-corrected chi connectivity index (χ4v) is 4.22. The fraction of sp³-hybridized carbons (Fsp3) is 0.565. The van der Waals surface area contributed by atoms with Gasteiger partial charge in [-0.05, 0) is 63.3 Å². The Morgan fingerprint density at radius 2 is 1.74 bits per heavy atom. The Kier molecular flexibility index (Phi) is 6.95. The quantitative estimate of drug-likeness (QED) is 0.606. The van der Waals surface area contributed by atoms with E-state index >= 15 is 0 Å².